The van der Waals surface area contributed by atoms with Crippen LogP contribution < -0.4 is 4.72 Å². The summed E-state index contributed by atoms with van der Waals surface area (Å²) < 4.78 is 62.5. The highest BCUT2D eigenvalue weighted by atomic mass is 32.2. The molecule has 5 nitrogen and oxygen atoms in total. The van der Waals surface area contributed by atoms with Gasteiger partial charge in [0.2, 0.25) is 10.0 Å². The third-order valence-electron chi connectivity index (χ3n) is 3.44. The van der Waals surface area contributed by atoms with Crippen LogP contribution in [0.25, 0.3) is 0 Å². The molecule has 1 heterocycles. The van der Waals surface area contributed by atoms with Crippen molar-refractivity contribution in [3.8, 4) is 0 Å². The van der Waals surface area contributed by atoms with E-state index in [0.717, 1.165) is 12.8 Å². The SMILES string of the molecule is O=C(c1cccc(S(=O)(=O)NCCSC(F)(F)F)c1)N1CCCC1. The Kier molecular flexibility index (Phi) is 6.16. The summed E-state index contributed by atoms with van der Waals surface area (Å²) in [6.45, 7) is 0.933. The van der Waals surface area contributed by atoms with Gasteiger partial charge in [-0.3, -0.25) is 4.79 Å². The van der Waals surface area contributed by atoms with Gasteiger partial charge in [-0.15, -0.1) is 0 Å². The Balaban J connectivity index is 2.02. The minimum atomic E-state index is -4.40. The maximum Gasteiger partial charge on any atom is 0.441 e. The summed E-state index contributed by atoms with van der Waals surface area (Å²) in [7, 11) is -3.96. The molecule has 0 unspecified atom stereocenters. The van der Waals surface area contributed by atoms with Crippen LogP contribution in [-0.2, 0) is 10.0 Å². The van der Waals surface area contributed by atoms with E-state index in [1.54, 1.807) is 4.90 Å². The van der Waals surface area contributed by atoms with Crippen molar-refractivity contribution in [2.45, 2.75) is 23.2 Å². The largest absolute Gasteiger partial charge is 0.441 e. The minimum absolute atomic E-state index is 0.135. The first-order valence-electron chi connectivity index (χ1n) is 7.29. The van der Waals surface area contributed by atoms with E-state index in [4.69, 9.17) is 0 Å². The number of rotatable bonds is 6. The van der Waals surface area contributed by atoms with Crippen molar-refractivity contribution in [2.75, 3.05) is 25.4 Å². The van der Waals surface area contributed by atoms with Crippen LogP contribution in [-0.4, -0.2) is 50.1 Å². The predicted octanol–water partition coefficient (Wildman–Crippen LogP) is 2.45. The number of sulfonamides is 1. The van der Waals surface area contributed by atoms with Gasteiger partial charge in [-0.05, 0) is 42.8 Å². The second kappa shape index (κ2) is 7.75. The number of likely N-dealkylation sites (tertiary alicyclic amines) is 1. The van der Waals surface area contributed by atoms with Gasteiger partial charge in [0.25, 0.3) is 5.91 Å². The highest BCUT2D eigenvalue weighted by Gasteiger charge is 2.28. The molecule has 1 aliphatic heterocycles. The van der Waals surface area contributed by atoms with Gasteiger partial charge in [0, 0.05) is 31.0 Å². The molecule has 0 spiro atoms. The molecular weight excluding hydrogens is 365 g/mol. The van der Waals surface area contributed by atoms with Crippen molar-refractivity contribution in [3.05, 3.63) is 29.8 Å². The summed E-state index contributed by atoms with van der Waals surface area (Å²) in [4.78, 5) is 13.8. The van der Waals surface area contributed by atoms with Crippen molar-refractivity contribution in [1.29, 1.82) is 0 Å². The fourth-order valence-electron chi connectivity index (χ4n) is 2.33. The monoisotopic (exact) mass is 382 g/mol. The zero-order valence-corrected chi connectivity index (χ0v) is 14.3. The molecule has 1 aromatic rings. The second-order valence-corrected chi connectivity index (χ2v) is 8.15. The highest BCUT2D eigenvalue weighted by molar-refractivity contribution is 8.00. The lowest BCUT2D eigenvalue weighted by Crippen LogP contribution is -2.29. The van der Waals surface area contributed by atoms with Gasteiger partial charge in [0.1, 0.15) is 0 Å². The van der Waals surface area contributed by atoms with Crippen molar-refractivity contribution < 1.29 is 26.4 Å². The molecule has 0 aromatic heterocycles. The lowest BCUT2D eigenvalue weighted by molar-refractivity contribution is -0.0327. The number of benzene rings is 1. The summed E-state index contributed by atoms with van der Waals surface area (Å²) in [6, 6.07) is 5.53. The van der Waals surface area contributed by atoms with Gasteiger partial charge in [-0.1, -0.05) is 6.07 Å². The molecule has 1 fully saturated rings. The Bertz CT molecular complexity index is 687. The summed E-state index contributed by atoms with van der Waals surface area (Å²) in [6.07, 6.45) is 1.84. The maximum absolute atomic E-state index is 12.3. The third-order valence-corrected chi connectivity index (χ3v) is 5.64. The topological polar surface area (TPSA) is 66.5 Å². The van der Waals surface area contributed by atoms with Crippen LogP contribution in [0, 0.1) is 0 Å². The number of hydrogen-bond donors (Lipinski definition) is 1. The molecule has 10 heteroatoms. The van der Waals surface area contributed by atoms with Crippen LogP contribution >= 0.6 is 11.8 Å². The fraction of sp³-hybridized carbons (Fsp3) is 0.500. The summed E-state index contributed by atoms with van der Waals surface area (Å²) in [5, 5.41) is 0. The Morgan fingerprint density at radius 3 is 2.54 bits per heavy atom. The minimum Gasteiger partial charge on any atom is -0.339 e. The first kappa shape index (κ1) is 19.1. The average molecular weight is 382 g/mol. The Hall–Kier alpha value is -1.26. The molecule has 1 N–H and O–H groups in total. The number of carbonyl (C=O) groups excluding carboxylic acids is 1. The van der Waals surface area contributed by atoms with Crippen molar-refractivity contribution in [2.24, 2.45) is 0 Å². The zero-order chi connectivity index (χ0) is 17.8. The number of halogens is 3. The average Bonchev–Trinajstić information content (AvgIpc) is 3.04. The van der Waals surface area contributed by atoms with E-state index >= 15 is 0 Å². The Morgan fingerprint density at radius 1 is 1.25 bits per heavy atom. The molecule has 0 saturated carbocycles. The van der Waals surface area contributed by atoms with Gasteiger partial charge in [0.15, 0.2) is 0 Å². The summed E-state index contributed by atoms with van der Waals surface area (Å²) in [5.74, 6) is -0.660. The molecule has 134 valence electrons. The molecule has 0 radical (unpaired) electrons. The standard InChI is InChI=1S/C14H17F3N2O3S2/c15-14(16,17)23-9-6-18-24(21,22)12-5-3-4-11(10-12)13(20)19-7-1-2-8-19/h3-5,10,18H,1-2,6-9H2. The predicted molar refractivity (Wildman–Crippen MR) is 85.3 cm³/mol. The van der Waals surface area contributed by atoms with Crippen molar-refractivity contribution >= 4 is 27.7 Å². The lowest BCUT2D eigenvalue weighted by Gasteiger charge is -2.15. The highest BCUT2D eigenvalue weighted by Crippen LogP contribution is 2.29. The van der Waals surface area contributed by atoms with Gasteiger partial charge in [-0.25, -0.2) is 13.1 Å². The van der Waals surface area contributed by atoms with E-state index in [1.807, 2.05) is 0 Å². The number of nitrogens with zero attached hydrogens (tertiary/aromatic N) is 1. The van der Waals surface area contributed by atoms with Crippen LogP contribution in [0.2, 0.25) is 0 Å². The Morgan fingerprint density at radius 2 is 1.92 bits per heavy atom. The fourth-order valence-corrected chi connectivity index (χ4v) is 3.97. The van der Waals surface area contributed by atoms with E-state index < -0.39 is 21.3 Å². The number of thioether (sulfide) groups is 1. The molecule has 0 atom stereocenters. The normalized spacial score (nSPS) is 15.7. The summed E-state index contributed by atoms with van der Waals surface area (Å²) >= 11 is -0.293. The van der Waals surface area contributed by atoms with Crippen LogP contribution in [0.3, 0.4) is 0 Å². The van der Waals surface area contributed by atoms with E-state index in [-0.39, 0.29) is 34.7 Å². The first-order chi connectivity index (χ1) is 11.2. The third kappa shape index (κ3) is 5.38. The van der Waals surface area contributed by atoms with Gasteiger partial charge in [0.05, 0.1) is 4.90 Å². The lowest BCUT2D eigenvalue weighted by atomic mass is 10.2. The van der Waals surface area contributed by atoms with Crippen molar-refractivity contribution in [3.63, 3.8) is 0 Å². The number of alkyl halides is 3. The van der Waals surface area contributed by atoms with Crippen LogP contribution in [0.15, 0.2) is 29.2 Å². The molecule has 1 aromatic carbocycles. The van der Waals surface area contributed by atoms with Crippen LogP contribution in [0.1, 0.15) is 23.2 Å². The van der Waals surface area contributed by atoms with E-state index in [9.17, 15) is 26.4 Å². The van der Waals surface area contributed by atoms with Gasteiger partial charge in [-0.2, -0.15) is 13.2 Å². The number of hydrogen-bond acceptors (Lipinski definition) is 4. The smallest absolute Gasteiger partial charge is 0.339 e. The maximum atomic E-state index is 12.3. The molecule has 1 amide bonds. The van der Waals surface area contributed by atoms with Crippen molar-refractivity contribution in [1.82, 2.24) is 9.62 Å². The number of amides is 1. The van der Waals surface area contributed by atoms with E-state index in [0.29, 0.717) is 13.1 Å². The van der Waals surface area contributed by atoms with Crippen LogP contribution in [0.4, 0.5) is 13.2 Å². The Labute approximate surface area is 142 Å². The van der Waals surface area contributed by atoms with Crippen LogP contribution in [0.5, 0.6) is 0 Å². The first-order valence-corrected chi connectivity index (χ1v) is 9.76. The molecule has 0 bridgehead atoms. The second-order valence-electron chi connectivity index (χ2n) is 5.22. The van der Waals surface area contributed by atoms with E-state index in [1.165, 1.54) is 24.3 Å². The molecule has 2 rings (SSSR count). The number of nitrogens with one attached hydrogen (secondary N) is 1. The molecular formula is C14H17F3N2O3S2. The van der Waals surface area contributed by atoms with Gasteiger partial charge >= 0.3 is 5.51 Å². The quantitative estimate of drug-likeness (QED) is 0.768. The number of carbonyl (C=O) groups is 1. The summed E-state index contributed by atoms with van der Waals surface area (Å²) in [5.41, 5.74) is -4.14. The van der Waals surface area contributed by atoms with E-state index in [2.05, 4.69) is 4.72 Å². The molecule has 24 heavy (non-hydrogen) atoms. The van der Waals surface area contributed by atoms with Gasteiger partial charge < -0.3 is 4.90 Å². The molecule has 0 aliphatic carbocycles. The molecule has 1 aliphatic rings. The molecule has 1 saturated heterocycles. The zero-order valence-electron chi connectivity index (χ0n) is 12.7.